The zero-order valence-corrected chi connectivity index (χ0v) is 17.7. The number of likely N-dealkylation sites (tertiary alicyclic amines) is 1. The summed E-state index contributed by atoms with van der Waals surface area (Å²) in [6.45, 7) is 5.67. The average molecular weight is 422 g/mol. The molecule has 6 nitrogen and oxygen atoms in total. The molecule has 1 aromatic rings. The highest BCUT2D eigenvalue weighted by atomic mass is 35.5. The summed E-state index contributed by atoms with van der Waals surface area (Å²) in [4.78, 5) is 15.7. The van der Waals surface area contributed by atoms with Crippen LogP contribution in [0.3, 0.4) is 0 Å². The second kappa shape index (κ2) is 8.56. The summed E-state index contributed by atoms with van der Waals surface area (Å²) in [7, 11) is -3.59. The van der Waals surface area contributed by atoms with Crippen LogP contribution in [0.2, 0.25) is 0 Å². The van der Waals surface area contributed by atoms with Gasteiger partial charge in [0.1, 0.15) is 10.3 Å². The first-order chi connectivity index (χ1) is 11.8. The van der Waals surface area contributed by atoms with Gasteiger partial charge in [0, 0.05) is 30.6 Å². The summed E-state index contributed by atoms with van der Waals surface area (Å²) in [5.74, 6) is 0.402. The minimum atomic E-state index is -3.59. The van der Waals surface area contributed by atoms with Crippen LogP contribution >= 0.6 is 23.7 Å². The van der Waals surface area contributed by atoms with E-state index in [1.165, 1.54) is 15.6 Å². The molecule has 0 aliphatic carbocycles. The van der Waals surface area contributed by atoms with Crippen molar-refractivity contribution >= 4 is 39.7 Å². The Morgan fingerprint density at radius 1 is 1.23 bits per heavy atom. The molecule has 2 aliphatic heterocycles. The van der Waals surface area contributed by atoms with Gasteiger partial charge < -0.3 is 10.6 Å². The minimum Gasteiger partial charge on any atom is -0.341 e. The van der Waals surface area contributed by atoms with Gasteiger partial charge in [0.05, 0.1) is 0 Å². The van der Waals surface area contributed by atoms with Gasteiger partial charge in [-0.1, -0.05) is 0 Å². The Hall–Kier alpha value is -0.670. The fourth-order valence-electron chi connectivity index (χ4n) is 3.80. The number of piperidine rings is 1. The number of sulfonamides is 1. The zero-order chi connectivity index (χ0) is 18.2. The lowest BCUT2D eigenvalue weighted by Gasteiger charge is -2.36. The van der Waals surface area contributed by atoms with E-state index >= 15 is 0 Å². The molecule has 2 saturated heterocycles. The molecule has 3 rings (SSSR count). The Morgan fingerprint density at radius 2 is 1.88 bits per heavy atom. The summed E-state index contributed by atoms with van der Waals surface area (Å²) in [5, 5.41) is 0. The average Bonchev–Trinajstić information content (AvgIpc) is 3.23. The predicted molar refractivity (Wildman–Crippen MR) is 106 cm³/mol. The third-order valence-electron chi connectivity index (χ3n) is 5.36. The van der Waals surface area contributed by atoms with E-state index in [1.807, 2.05) is 24.8 Å². The SMILES string of the molecule is Cc1ccc(S(=O)(=O)N2CCCC2C(=O)N2CCC(C(C)N)CC2)s1.Cl. The van der Waals surface area contributed by atoms with Crippen LogP contribution in [0, 0.1) is 12.8 Å². The molecule has 0 bridgehead atoms. The largest absolute Gasteiger partial charge is 0.341 e. The van der Waals surface area contributed by atoms with E-state index in [0.29, 0.717) is 36.2 Å². The number of amides is 1. The molecular formula is C17H28ClN3O3S2. The molecule has 1 aromatic heterocycles. The van der Waals surface area contributed by atoms with Gasteiger partial charge in [-0.05, 0) is 57.6 Å². The van der Waals surface area contributed by atoms with E-state index in [1.54, 1.807) is 6.07 Å². The van der Waals surface area contributed by atoms with Gasteiger partial charge in [-0.3, -0.25) is 4.79 Å². The molecule has 26 heavy (non-hydrogen) atoms. The molecule has 0 spiro atoms. The van der Waals surface area contributed by atoms with E-state index in [9.17, 15) is 13.2 Å². The monoisotopic (exact) mass is 421 g/mol. The quantitative estimate of drug-likeness (QED) is 0.807. The predicted octanol–water partition coefficient (Wildman–Crippen LogP) is 2.22. The van der Waals surface area contributed by atoms with Gasteiger partial charge >= 0.3 is 0 Å². The molecular weight excluding hydrogens is 394 g/mol. The summed E-state index contributed by atoms with van der Waals surface area (Å²) >= 11 is 1.27. The molecule has 2 fully saturated rings. The van der Waals surface area contributed by atoms with Crippen molar-refractivity contribution in [1.82, 2.24) is 9.21 Å². The fourth-order valence-corrected chi connectivity index (χ4v) is 6.86. The van der Waals surface area contributed by atoms with E-state index in [-0.39, 0.29) is 24.4 Å². The number of halogens is 1. The van der Waals surface area contributed by atoms with Crippen LogP contribution in [0.1, 0.15) is 37.5 Å². The Bertz CT molecular complexity index is 727. The highest BCUT2D eigenvalue weighted by Gasteiger charge is 2.42. The maximum atomic E-state index is 13.0. The van der Waals surface area contributed by atoms with Crippen molar-refractivity contribution in [2.75, 3.05) is 19.6 Å². The lowest BCUT2D eigenvalue weighted by molar-refractivity contribution is -0.136. The Labute approximate surface area is 166 Å². The van der Waals surface area contributed by atoms with Crippen molar-refractivity contribution in [3.8, 4) is 0 Å². The summed E-state index contributed by atoms with van der Waals surface area (Å²) in [6, 6.07) is 3.04. The molecule has 2 unspecified atom stereocenters. The first-order valence-electron chi connectivity index (χ1n) is 8.93. The highest BCUT2D eigenvalue weighted by Crippen LogP contribution is 2.31. The van der Waals surface area contributed by atoms with E-state index < -0.39 is 16.1 Å². The molecule has 3 heterocycles. The van der Waals surface area contributed by atoms with Crippen LogP contribution in [-0.2, 0) is 14.8 Å². The van der Waals surface area contributed by atoms with Crippen molar-refractivity contribution in [3.05, 3.63) is 17.0 Å². The molecule has 9 heteroatoms. The van der Waals surface area contributed by atoms with Crippen molar-refractivity contribution in [3.63, 3.8) is 0 Å². The molecule has 0 radical (unpaired) electrons. The van der Waals surface area contributed by atoms with Crippen LogP contribution in [-0.4, -0.2) is 55.2 Å². The van der Waals surface area contributed by atoms with Gasteiger partial charge in [-0.2, -0.15) is 4.31 Å². The number of nitrogens with zero attached hydrogens (tertiary/aromatic N) is 2. The molecule has 0 aromatic carbocycles. The first-order valence-corrected chi connectivity index (χ1v) is 11.2. The lowest BCUT2D eigenvalue weighted by atomic mass is 9.90. The smallest absolute Gasteiger partial charge is 0.253 e. The summed E-state index contributed by atoms with van der Waals surface area (Å²) in [6.07, 6.45) is 3.13. The molecule has 0 saturated carbocycles. The number of hydrogen-bond donors (Lipinski definition) is 1. The summed E-state index contributed by atoms with van der Waals surface area (Å²) in [5.41, 5.74) is 5.97. The van der Waals surface area contributed by atoms with E-state index in [0.717, 1.165) is 24.1 Å². The number of carbonyl (C=O) groups is 1. The van der Waals surface area contributed by atoms with Gasteiger partial charge in [-0.15, -0.1) is 23.7 Å². The molecule has 2 atom stereocenters. The third-order valence-corrected chi connectivity index (χ3v) is 8.74. The molecule has 1 amide bonds. The van der Waals surface area contributed by atoms with E-state index in [4.69, 9.17) is 5.73 Å². The van der Waals surface area contributed by atoms with Crippen molar-refractivity contribution in [1.29, 1.82) is 0 Å². The topological polar surface area (TPSA) is 83.7 Å². The van der Waals surface area contributed by atoms with Crippen molar-refractivity contribution in [2.45, 2.75) is 55.8 Å². The standard InChI is InChI=1S/C17H27N3O3S2.ClH/c1-12-5-6-16(24-12)25(22,23)20-9-3-4-15(20)17(21)19-10-7-14(8-11-19)13(2)18;/h5-6,13-15H,3-4,7-11,18H2,1-2H3;1H. The van der Waals surface area contributed by atoms with Crippen LogP contribution < -0.4 is 5.73 Å². The van der Waals surface area contributed by atoms with Crippen LogP contribution in [0.15, 0.2) is 16.3 Å². The van der Waals surface area contributed by atoms with E-state index in [2.05, 4.69) is 0 Å². The number of thiophene rings is 1. The maximum Gasteiger partial charge on any atom is 0.253 e. The zero-order valence-electron chi connectivity index (χ0n) is 15.3. The lowest BCUT2D eigenvalue weighted by Crippen LogP contribution is -2.50. The van der Waals surface area contributed by atoms with Crippen LogP contribution in [0.5, 0.6) is 0 Å². The highest BCUT2D eigenvalue weighted by molar-refractivity contribution is 7.91. The fraction of sp³-hybridized carbons (Fsp3) is 0.706. The number of nitrogens with two attached hydrogens (primary N) is 1. The molecule has 2 N–H and O–H groups in total. The van der Waals surface area contributed by atoms with Crippen molar-refractivity contribution in [2.24, 2.45) is 11.7 Å². The van der Waals surface area contributed by atoms with Crippen LogP contribution in [0.4, 0.5) is 0 Å². The minimum absolute atomic E-state index is 0. The Morgan fingerprint density at radius 3 is 2.42 bits per heavy atom. The molecule has 148 valence electrons. The maximum absolute atomic E-state index is 13.0. The number of carbonyl (C=O) groups excluding carboxylic acids is 1. The van der Waals surface area contributed by atoms with Gasteiger partial charge in [0.15, 0.2) is 0 Å². The number of hydrogen-bond acceptors (Lipinski definition) is 5. The van der Waals surface area contributed by atoms with Gasteiger partial charge in [0.2, 0.25) is 5.91 Å². The Kier molecular flexibility index (Phi) is 7.12. The second-order valence-corrected chi connectivity index (χ2v) is 10.6. The first kappa shape index (κ1) is 21.6. The molecule has 2 aliphatic rings. The second-order valence-electron chi connectivity index (χ2n) is 7.16. The normalized spacial score (nSPS) is 23.7. The van der Waals surface area contributed by atoms with Crippen molar-refractivity contribution < 1.29 is 13.2 Å². The number of rotatable bonds is 4. The Balaban J connectivity index is 0.00000243. The van der Waals surface area contributed by atoms with Gasteiger partial charge in [-0.25, -0.2) is 8.42 Å². The number of aryl methyl sites for hydroxylation is 1. The third kappa shape index (κ3) is 4.25. The van der Waals surface area contributed by atoms with Gasteiger partial charge in [0.25, 0.3) is 10.0 Å². The van der Waals surface area contributed by atoms with Crippen LogP contribution in [0.25, 0.3) is 0 Å². The summed E-state index contributed by atoms with van der Waals surface area (Å²) < 4.78 is 27.6.